The van der Waals surface area contributed by atoms with Crippen LogP contribution in [0.2, 0.25) is 0 Å². The van der Waals surface area contributed by atoms with Gasteiger partial charge >= 0.3 is 0 Å². The molecule has 0 fully saturated rings. The molecule has 14 aromatic carbocycles. The molecule has 6 nitrogen and oxygen atoms in total. The molecule has 4 aliphatic rings. The molecule has 0 spiro atoms. The minimum Gasteiger partial charge on any atom is -0.208 e. The molecule has 110 heavy (non-hydrogen) atoms. The number of aromatic nitrogens is 6. The van der Waals surface area contributed by atoms with Crippen molar-refractivity contribution in [3.05, 3.63) is 348 Å². The predicted octanol–water partition coefficient (Wildman–Crippen LogP) is 26.5. The summed E-state index contributed by atoms with van der Waals surface area (Å²) in [5, 5.41) is 5.27. The van der Waals surface area contributed by atoms with Crippen molar-refractivity contribution in [3.8, 4) is 135 Å². The molecule has 0 radical (unpaired) electrons. The fraction of sp³-hybridized carbons (Fsp3) is 0.173. The van der Waals surface area contributed by atoms with Crippen LogP contribution in [0, 0.1) is 0 Å². The summed E-state index contributed by atoms with van der Waals surface area (Å²) >= 11 is 0. The van der Waals surface area contributed by atoms with Crippen molar-refractivity contribution >= 4 is 21.5 Å². The van der Waals surface area contributed by atoms with Crippen LogP contribution in [0.15, 0.2) is 303 Å². The standard InChI is InChI=1S/2C52H43N3/c1-50(2)42-31-36(32-25-27-35(28-26-32)49-54-47(33-17-9-7-10-18-33)53-48(55-49)34-19-11-8-12-20-34)29-30-40(42)44-45(50)38-22-14-13-21-37(38)43-39-23-15-16-24-41(39)51(3,4)52(5,6)46(43)44;1-50(2)43-31-40(32-25-27-35(28-26-32)49-54-47(33-17-9-7-10-18-33)53-48(55-49)34-19-11-8-12-20-34)36-21-13-14-22-37(36)44(43)39-29-30-42-45(46(39)50)38-23-15-16-24-41(38)51(3,4)52(42,5)6/h2*7-31H,1-6H3. The third-order valence-electron chi connectivity index (χ3n) is 26.1. The summed E-state index contributed by atoms with van der Waals surface area (Å²) in [6, 6.07) is 109. The summed E-state index contributed by atoms with van der Waals surface area (Å²) in [7, 11) is 0. The van der Waals surface area contributed by atoms with Gasteiger partial charge in [0.25, 0.3) is 0 Å². The molecule has 0 bridgehead atoms. The minimum absolute atomic E-state index is 0.0139. The van der Waals surface area contributed by atoms with Crippen LogP contribution in [-0.4, -0.2) is 29.9 Å². The third kappa shape index (κ3) is 10.3. The van der Waals surface area contributed by atoms with Crippen molar-refractivity contribution in [2.45, 2.75) is 116 Å². The normalized spacial score (nSPS) is 15.5. The second kappa shape index (κ2) is 25.1. The first-order valence-corrected chi connectivity index (χ1v) is 38.8. The molecule has 6 heteroatoms. The van der Waals surface area contributed by atoms with Crippen LogP contribution in [0.5, 0.6) is 0 Å². The van der Waals surface area contributed by atoms with E-state index in [2.05, 4.69) is 265 Å². The van der Waals surface area contributed by atoms with Gasteiger partial charge in [0.15, 0.2) is 34.9 Å². The number of rotatable bonds is 8. The van der Waals surface area contributed by atoms with E-state index >= 15 is 0 Å². The van der Waals surface area contributed by atoms with Crippen LogP contribution in [0.3, 0.4) is 0 Å². The third-order valence-corrected chi connectivity index (χ3v) is 26.1. The first kappa shape index (κ1) is 68.2. The number of fused-ring (bicyclic) bond motifs is 19. The van der Waals surface area contributed by atoms with Gasteiger partial charge in [-0.3, -0.25) is 0 Å². The van der Waals surface area contributed by atoms with Crippen LogP contribution in [0.1, 0.15) is 128 Å². The maximum atomic E-state index is 4.99. The van der Waals surface area contributed by atoms with E-state index in [9.17, 15) is 0 Å². The Bertz CT molecular complexity index is 6290. The Balaban J connectivity index is 0.000000149. The maximum Gasteiger partial charge on any atom is 0.164 e. The van der Waals surface area contributed by atoms with Crippen LogP contribution in [0.4, 0.5) is 0 Å². The van der Waals surface area contributed by atoms with E-state index in [1.165, 1.54) is 133 Å². The van der Waals surface area contributed by atoms with Gasteiger partial charge in [-0.25, -0.2) is 29.9 Å². The number of benzene rings is 14. The van der Waals surface area contributed by atoms with Gasteiger partial charge in [-0.2, -0.15) is 0 Å². The Hall–Kier alpha value is -12.4. The highest BCUT2D eigenvalue weighted by Crippen LogP contribution is 2.65. The van der Waals surface area contributed by atoms with Gasteiger partial charge in [0.2, 0.25) is 0 Å². The zero-order valence-electron chi connectivity index (χ0n) is 64.6. The molecule has 0 unspecified atom stereocenters. The molecule has 532 valence electrons. The van der Waals surface area contributed by atoms with Crippen LogP contribution >= 0.6 is 0 Å². The highest BCUT2D eigenvalue weighted by molar-refractivity contribution is 6.12. The van der Waals surface area contributed by atoms with Gasteiger partial charge in [-0.05, 0) is 161 Å². The van der Waals surface area contributed by atoms with Crippen molar-refractivity contribution in [3.63, 3.8) is 0 Å². The highest BCUT2D eigenvalue weighted by atomic mass is 15.0. The Morgan fingerprint density at radius 1 is 0.173 bits per heavy atom. The van der Waals surface area contributed by atoms with E-state index < -0.39 is 0 Å². The average molecular weight is 1420 g/mol. The molecule has 0 aliphatic heterocycles. The molecule has 2 heterocycles. The zero-order valence-corrected chi connectivity index (χ0v) is 64.6. The summed E-state index contributed by atoms with van der Waals surface area (Å²) < 4.78 is 0. The van der Waals surface area contributed by atoms with E-state index in [1.807, 2.05) is 121 Å². The summed E-state index contributed by atoms with van der Waals surface area (Å²) in [6.07, 6.45) is 0. The van der Waals surface area contributed by atoms with Crippen molar-refractivity contribution < 1.29 is 0 Å². The molecule has 2 aromatic heterocycles. The average Bonchev–Trinajstić information content (AvgIpc) is 1.42. The smallest absolute Gasteiger partial charge is 0.164 e. The SMILES string of the molecule is CC1(C)c2cc(-c3ccc(-c4nc(-c5ccccc5)nc(-c5ccccc5)n4)cc3)c3ccccc3c2-c2ccc3c(c21)-c1ccccc1C(C)(C)C3(C)C.CC1(C)c2cc(-c3ccc(-c4nc(-c5ccccc5)nc(-c5ccccc5)n4)cc3)ccc2-c2c3c(c4ccccc4c21)-c1ccccc1C(C)(C)C3(C)C. The zero-order chi connectivity index (χ0) is 75.4. The van der Waals surface area contributed by atoms with Gasteiger partial charge in [0, 0.05) is 49.6 Å². The molecule has 20 rings (SSSR count). The van der Waals surface area contributed by atoms with Crippen molar-refractivity contribution in [2.75, 3.05) is 0 Å². The molecule has 0 N–H and O–H groups in total. The van der Waals surface area contributed by atoms with E-state index in [0.29, 0.717) is 34.9 Å². The highest BCUT2D eigenvalue weighted by Gasteiger charge is 2.53. The fourth-order valence-corrected chi connectivity index (χ4v) is 18.9. The lowest BCUT2D eigenvalue weighted by atomic mass is 9.53. The largest absolute Gasteiger partial charge is 0.208 e. The summed E-state index contributed by atoms with van der Waals surface area (Å²) in [5.74, 6) is 3.98. The molecule has 0 amide bonds. The first-order valence-electron chi connectivity index (χ1n) is 38.8. The lowest BCUT2D eigenvalue weighted by molar-refractivity contribution is 0.298. The number of hydrogen-bond acceptors (Lipinski definition) is 6. The molecular formula is C104H86N6. The van der Waals surface area contributed by atoms with Crippen LogP contribution < -0.4 is 0 Å². The molecule has 0 saturated carbocycles. The van der Waals surface area contributed by atoms with E-state index in [-0.39, 0.29) is 32.5 Å². The van der Waals surface area contributed by atoms with E-state index in [4.69, 9.17) is 29.9 Å². The minimum atomic E-state index is -0.216. The molecule has 0 atom stereocenters. The van der Waals surface area contributed by atoms with Gasteiger partial charge < -0.3 is 0 Å². The molecule has 16 aromatic rings. The van der Waals surface area contributed by atoms with E-state index in [1.54, 1.807) is 0 Å². The van der Waals surface area contributed by atoms with Crippen LogP contribution in [-0.2, 0) is 32.5 Å². The maximum absolute atomic E-state index is 4.99. The van der Waals surface area contributed by atoms with Crippen molar-refractivity contribution in [2.24, 2.45) is 0 Å². The topological polar surface area (TPSA) is 77.3 Å². The van der Waals surface area contributed by atoms with Gasteiger partial charge in [0.1, 0.15) is 0 Å². The van der Waals surface area contributed by atoms with Gasteiger partial charge in [-0.1, -0.05) is 374 Å². The monoisotopic (exact) mass is 1420 g/mol. The Kier molecular flexibility index (Phi) is 15.6. The Morgan fingerprint density at radius 3 is 0.991 bits per heavy atom. The second-order valence-corrected chi connectivity index (χ2v) is 33.7. The lowest BCUT2D eigenvalue weighted by Gasteiger charge is -2.50. The Labute approximate surface area is 645 Å². The summed E-state index contributed by atoms with van der Waals surface area (Å²) in [6.45, 7) is 29.2. The summed E-state index contributed by atoms with van der Waals surface area (Å²) in [4.78, 5) is 29.7. The van der Waals surface area contributed by atoms with E-state index in [0.717, 1.165) is 33.4 Å². The molecule has 0 saturated heterocycles. The van der Waals surface area contributed by atoms with Crippen molar-refractivity contribution in [1.82, 2.24) is 29.9 Å². The first-order chi connectivity index (χ1) is 53.1. The number of hydrogen-bond donors (Lipinski definition) is 0. The summed E-state index contributed by atoms with van der Waals surface area (Å²) in [5.41, 5.74) is 32.4. The van der Waals surface area contributed by atoms with Crippen LogP contribution in [0.25, 0.3) is 157 Å². The molecule has 4 aliphatic carbocycles. The fourth-order valence-electron chi connectivity index (χ4n) is 18.9. The number of nitrogens with zero attached hydrogens (tertiary/aromatic N) is 6. The lowest BCUT2D eigenvalue weighted by Crippen LogP contribution is -2.44. The molecular weight excluding hydrogens is 1330 g/mol. The van der Waals surface area contributed by atoms with Gasteiger partial charge in [-0.15, -0.1) is 0 Å². The predicted molar refractivity (Wildman–Crippen MR) is 456 cm³/mol. The van der Waals surface area contributed by atoms with Crippen molar-refractivity contribution in [1.29, 1.82) is 0 Å². The second-order valence-electron chi connectivity index (χ2n) is 33.7. The quantitative estimate of drug-likeness (QED) is 0.151. The van der Waals surface area contributed by atoms with Gasteiger partial charge in [0.05, 0.1) is 0 Å². The Morgan fingerprint density at radius 2 is 0.509 bits per heavy atom.